The van der Waals surface area contributed by atoms with Crippen LogP contribution in [0.5, 0.6) is 11.6 Å². The third-order valence-electron chi connectivity index (χ3n) is 10.1. The highest BCUT2D eigenvalue weighted by Gasteiger charge is 2.42. The second kappa shape index (κ2) is 17.3. The Kier molecular flexibility index (Phi) is 11.9. The zero-order valence-electron chi connectivity index (χ0n) is 30.0. The lowest BCUT2D eigenvalue weighted by Crippen LogP contribution is -2.52. The lowest BCUT2D eigenvalue weighted by molar-refractivity contribution is -0.0458. The number of ether oxygens (including phenoxy) is 5. The predicted octanol–water partition coefficient (Wildman–Crippen LogP) is 4.79. The molecule has 2 bridgehead atoms. The van der Waals surface area contributed by atoms with Gasteiger partial charge in [-0.1, -0.05) is 6.07 Å². The number of hydrogen-bond donors (Lipinski definition) is 1. The molecule has 5 heterocycles. The zero-order valence-corrected chi connectivity index (χ0v) is 30.0. The zero-order chi connectivity index (χ0) is 35.7. The van der Waals surface area contributed by atoms with Gasteiger partial charge < -0.3 is 29.0 Å². The standard InChI is InChI=1S/C37H48N10O5/c1-26(20-45-25-39-24-42-45)52-35-16-27(4-5-28(35)17-38)29-18-40-37(41-19-29)43-34-21-46(44-36(34)51-13-3-12-49-15-14-48-2)30-6-8-31(9-7-30)47-32-10-11-33(47)23-50-22-32/h4-5,16,18-19,21,24-26,30-33H,3,6-15,20,22-23H2,1-2H3,(H,40,41,43)/t26-,30-,31-,32-,33+/m0/s1. The van der Waals surface area contributed by atoms with E-state index in [1.807, 2.05) is 25.3 Å². The number of nitriles is 1. The predicted molar refractivity (Wildman–Crippen MR) is 191 cm³/mol. The first-order valence-electron chi connectivity index (χ1n) is 18.3. The van der Waals surface area contributed by atoms with Crippen LogP contribution in [0.1, 0.15) is 63.5 Å². The average Bonchev–Trinajstić information content (AvgIpc) is 3.89. The van der Waals surface area contributed by atoms with Gasteiger partial charge in [-0.25, -0.2) is 19.6 Å². The van der Waals surface area contributed by atoms with Crippen LogP contribution in [0.2, 0.25) is 0 Å². The summed E-state index contributed by atoms with van der Waals surface area (Å²) in [6, 6.07) is 9.75. The van der Waals surface area contributed by atoms with Crippen LogP contribution in [0.15, 0.2) is 49.4 Å². The van der Waals surface area contributed by atoms with Gasteiger partial charge in [0.05, 0.1) is 57.4 Å². The van der Waals surface area contributed by atoms with Crippen LogP contribution in [0.4, 0.5) is 11.6 Å². The van der Waals surface area contributed by atoms with Crippen molar-refractivity contribution in [2.24, 2.45) is 0 Å². The Morgan fingerprint density at radius 3 is 2.46 bits per heavy atom. The van der Waals surface area contributed by atoms with Gasteiger partial charge in [-0.05, 0) is 63.1 Å². The number of rotatable bonds is 17. The molecule has 1 saturated carbocycles. The summed E-state index contributed by atoms with van der Waals surface area (Å²) in [5.41, 5.74) is 2.78. The summed E-state index contributed by atoms with van der Waals surface area (Å²) >= 11 is 0. The fraction of sp³-hybridized carbons (Fsp3) is 0.568. The normalized spacial score (nSPS) is 22.2. The van der Waals surface area contributed by atoms with Crippen molar-refractivity contribution in [3.05, 3.63) is 55.0 Å². The minimum Gasteiger partial charge on any atom is -0.487 e. The summed E-state index contributed by atoms with van der Waals surface area (Å²) in [7, 11) is 1.66. The van der Waals surface area contributed by atoms with Gasteiger partial charge in [0.2, 0.25) is 5.95 Å². The van der Waals surface area contributed by atoms with E-state index in [9.17, 15) is 5.26 Å². The minimum atomic E-state index is -0.234. The molecule has 1 N–H and O–H groups in total. The second-order valence-electron chi connectivity index (χ2n) is 13.8. The number of benzene rings is 1. The van der Waals surface area contributed by atoms with Gasteiger partial charge in [0.15, 0.2) is 0 Å². The number of morpholine rings is 1. The maximum atomic E-state index is 9.71. The SMILES string of the molecule is COCCOCCCOc1nn([C@H]2CC[C@H](N3[C@@H]4CC[C@H]3COC4)CC2)cc1Nc1ncc(-c2ccc(C#N)c(O[C@@H](C)Cn3cncn3)c2)cn1. The second-order valence-corrected chi connectivity index (χ2v) is 13.8. The quantitative estimate of drug-likeness (QED) is 0.149. The van der Waals surface area contributed by atoms with E-state index in [0.717, 1.165) is 62.1 Å². The smallest absolute Gasteiger partial charge is 0.256 e. The molecule has 3 atom stereocenters. The lowest BCUT2D eigenvalue weighted by Gasteiger charge is -2.43. The molecule has 2 aliphatic heterocycles. The fourth-order valence-corrected chi connectivity index (χ4v) is 7.60. The number of methoxy groups -OCH3 is 1. The first kappa shape index (κ1) is 35.8. The molecule has 2 saturated heterocycles. The van der Waals surface area contributed by atoms with E-state index in [4.69, 9.17) is 28.8 Å². The summed E-state index contributed by atoms with van der Waals surface area (Å²) in [4.78, 5) is 16.0. The maximum Gasteiger partial charge on any atom is 0.256 e. The molecule has 0 amide bonds. The number of anilines is 2. The van der Waals surface area contributed by atoms with Gasteiger partial charge in [-0.2, -0.15) is 10.4 Å². The van der Waals surface area contributed by atoms with Crippen LogP contribution in [0.3, 0.4) is 0 Å². The van der Waals surface area contributed by atoms with E-state index in [0.29, 0.717) is 80.3 Å². The molecule has 4 aromatic rings. The first-order valence-corrected chi connectivity index (χ1v) is 18.3. The Morgan fingerprint density at radius 1 is 0.962 bits per heavy atom. The summed E-state index contributed by atoms with van der Waals surface area (Å²) in [5, 5.41) is 22.1. The molecule has 15 heteroatoms. The van der Waals surface area contributed by atoms with Crippen LogP contribution in [0.25, 0.3) is 11.1 Å². The maximum absolute atomic E-state index is 9.71. The van der Waals surface area contributed by atoms with Crippen molar-refractivity contribution in [1.82, 2.24) is 39.4 Å². The van der Waals surface area contributed by atoms with E-state index in [1.54, 1.807) is 36.6 Å². The third-order valence-corrected chi connectivity index (χ3v) is 10.1. The van der Waals surface area contributed by atoms with Crippen molar-refractivity contribution in [3.8, 4) is 28.8 Å². The number of hydrogen-bond acceptors (Lipinski definition) is 13. The molecule has 52 heavy (non-hydrogen) atoms. The van der Waals surface area contributed by atoms with Crippen molar-refractivity contribution < 1.29 is 23.7 Å². The number of nitrogens with zero attached hydrogens (tertiary/aromatic N) is 9. The highest BCUT2D eigenvalue weighted by molar-refractivity contribution is 5.67. The van der Waals surface area contributed by atoms with E-state index < -0.39 is 0 Å². The molecule has 3 aliphatic rings. The molecule has 0 radical (unpaired) electrons. The fourth-order valence-electron chi connectivity index (χ4n) is 7.60. The number of nitrogens with one attached hydrogen (secondary N) is 1. The van der Waals surface area contributed by atoms with Gasteiger partial charge in [-0.3, -0.25) is 9.58 Å². The van der Waals surface area contributed by atoms with Crippen LogP contribution in [-0.2, 0) is 20.8 Å². The van der Waals surface area contributed by atoms with Crippen LogP contribution >= 0.6 is 0 Å². The average molecular weight is 713 g/mol. The summed E-state index contributed by atoms with van der Waals surface area (Å²) < 4.78 is 32.6. The monoisotopic (exact) mass is 712 g/mol. The highest BCUT2D eigenvalue weighted by atomic mass is 16.5. The van der Waals surface area contributed by atoms with E-state index >= 15 is 0 Å². The minimum absolute atomic E-state index is 0.234. The lowest BCUT2D eigenvalue weighted by atomic mass is 9.89. The van der Waals surface area contributed by atoms with Gasteiger partial charge in [0, 0.05) is 56.2 Å². The Labute approximate surface area is 304 Å². The largest absolute Gasteiger partial charge is 0.487 e. The molecule has 3 aromatic heterocycles. The van der Waals surface area contributed by atoms with E-state index in [1.165, 1.54) is 19.2 Å². The first-order chi connectivity index (χ1) is 25.6. The molecule has 1 aliphatic carbocycles. The highest BCUT2D eigenvalue weighted by Crippen LogP contribution is 2.39. The van der Waals surface area contributed by atoms with Crippen molar-refractivity contribution in [3.63, 3.8) is 0 Å². The van der Waals surface area contributed by atoms with Gasteiger partial charge in [-0.15, -0.1) is 5.10 Å². The molecule has 276 valence electrons. The molecule has 7 rings (SSSR count). The van der Waals surface area contributed by atoms with Crippen LogP contribution in [-0.4, -0.2) is 110 Å². The van der Waals surface area contributed by atoms with Crippen molar-refractivity contribution in [2.75, 3.05) is 52.1 Å². The van der Waals surface area contributed by atoms with Crippen LogP contribution < -0.4 is 14.8 Å². The Bertz CT molecular complexity index is 1740. The number of fused-ring (bicyclic) bond motifs is 2. The molecular formula is C37H48N10O5. The van der Waals surface area contributed by atoms with Gasteiger partial charge in [0.25, 0.3) is 5.88 Å². The summed E-state index contributed by atoms with van der Waals surface area (Å²) in [6.45, 7) is 6.34. The van der Waals surface area contributed by atoms with Crippen molar-refractivity contribution in [1.29, 1.82) is 5.26 Å². The Hall–Kier alpha value is -4.62. The van der Waals surface area contributed by atoms with Crippen LogP contribution in [0, 0.1) is 11.3 Å². The van der Waals surface area contributed by atoms with Gasteiger partial charge in [0.1, 0.15) is 36.3 Å². The summed E-state index contributed by atoms with van der Waals surface area (Å²) in [6.07, 6.45) is 16.1. The molecular weight excluding hydrogens is 664 g/mol. The molecule has 0 spiro atoms. The summed E-state index contributed by atoms with van der Waals surface area (Å²) in [5.74, 6) is 1.43. The molecule has 3 fully saturated rings. The van der Waals surface area contributed by atoms with Gasteiger partial charge >= 0.3 is 0 Å². The molecule has 15 nitrogen and oxygen atoms in total. The third kappa shape index (κ3) is 8.70. The van der Waals surface area contributed by atoms with Crippen molar-refractivity contribution in [2.45, 2.75) is 88.7 Å². The Morgan fingerprint density at radius 2 is 1.73 bits per heavy atom. The number of aromatic nitrogens is 7. The van der Waals surface area contributed by atoms with Crippen molar-refractivity contribution >= 4 is 11.6 Å². The molecule has 1 aromatic carbocycles. The van der Waals surface area contributed by atoms with E-state index in [2.05, 4.69) is 41.0 Å². The Balaban J connectivity index is 1.01. The molecule has 0 unspecified atom stereocenters. The topological polar surface area (TPSA) is 160 Å². The van der Waals surface area contributed by atoms with E-state index in [-0.39, 0.29) is 6.10 Å².